The summed E-state index contributed by atoms with van der Waals surface area (Å²) in [6, 6.07) is 3.95. The van der Waals surface area contributed by atoms with Crippen molar-refractivity contribution in [3.63, 3.8) is 0 Å². The topological polar surface area (TPSA) is 71.4 Å². The van der Waals surface area contributed by atoms with Gasteiger partial charge in [0.2, 0.25) is 5.91 Å². The Morgan fingerprint density at radius 2 is 2.33 bits per heavy atom. The van der Waals surface area contributed by atoms with Gasteiger partial charge in [-0.2, -0.15) is 5.26 Å². The van der Waals surface area contributed by atoms with Gasteiger partial charge in [-0.1, -0.05) is 6.92 Å². The van der Waals surface area contributed by atoms with E-state index in [1.807, 2.05) is 13.0 Å². The average Bonchev–Trinajstić information content (AvgIpc) is 2.90. The first-order valence-corrected chi connectivity index (χ1v) is 8.06. The van der Waals surface area contributed by atoms with Crippen LogP contribution in [-0.4, -0.2) is 31.8 Å². The summed E-state index contributed by atoms with van der Waals surface area (Å²) in [5.41, 5.74) is 0.538. The summed E-state index contributed by atoms with van der Waals surface area (Å²) in [7, 11) is 0. The van der Waals surface area contributed by atoms with Crippen LogP contribution in [0.5, 0.6) is 0 Å². The van der Waals surface area contributed by atoms with E-state index in [2.05, 4.69) is 11.4 Å². The lowest BCUT2D eigenvalue weighted by Gasteiger charge is -2.22. The van der Waals surface area contributed by atoms with Gasteiger partial charge in [0.25, 0.3) is 0 Å². The summed E-state index contributed by atoms with van der Waals surface area (Å²) in [5.74, 6) is -0.108. The number of aryl methyl sites for hydroxylation is 1. The van der Waals surface area contributed by atoms with E-state index in [1.165, 1.54) is 11.3 Å². The predicted octanol–water partition coefficient (Wildman–Crippen LogP) is 2.71. The highest BCUT2D eigenvalue weighted by atomic mass is 32.1. The molecule has 1 fully saturated rings. The molecule has 1 amide bonds. The molecule has 5 nitrogen and oxygen atoms in total. The normalized spacial score (nSPS) is 15.6. The third-order valence-corrected chi connectivity index (χ3v) is 4.55. The van der Waals surface area contributed by atoms with Gasteiger partial charge in [0, 0.05) is 18.1 Å². The van der Waals surface area contributed by atoms with Crippen molar-refractivity contribution in [3.8, 4) is 6.07 Å². The van der Waals surface area contributed by atoms with Gasteiger partial charge in [-0.25, -0.2) is 0 Å². The molecule has 1 aliphatic rings. The zero-order valence-corrected chi connectivity index (χ0v) is 13.0. The van der Waals surface area contributed by atoms with Crippen molar-refractivity contribution in [3.05, 3.63) is 16.5 Å². The summed E-state index contributed by atoms with van der Waals surface area (Å²) in [6.07, 6.45) is 3.16. The lowest BCUT2D eigenvalue weighted by Crippen LogP contribution is -2.25. The number of thiophene rings is 1. The lowest BCUT2D eigenvalue weighted by atomic mass is 10.1. The zero-order chi connectivity index (χ0) is 15.1. The molecule has 1 saturated heterocycles. The van der Waals surface area contributed by atoms with Crippen LogP contribution in [0.15, 0.2) is 6.07 Å². The highest BCUT2D eigenvalue weighted by Gasteiger charge is 2.15. The number of nitrogens with one attached hydrogen (secondary N) is 1. The van der Waals surface area contributed by atoms with Gasteiger partial charge < -0.3 is 14.8 Å². The molecule has 1 N–H and O–H groups in total. The maximum Gasteiger partial charge on any atom is 0.227 e. The Hall–Kier alpha value is -1.42. The van der Waals surface area contributed by atoms with Crippen molar-refractivity contribution in [1.29, 1.82) is 5.26 Å². The highest BCUT2D eigenvalue weighted by Crippen LogP contribution is 2.28. The summed E-state index contributed by atoms with van der Waals surface area (Å²) in [4.78, 5) is 13.0. The number of rotatable bonds is 6. The molecule has 1 aromatic rings. The van der Waals surface area contributed by atoms with Gasteiger partial charge in [-0.15, -0.1) is 11.3 Å². The first-order valence-electron chi connectivity index (χ1n) is 7.25. The summed E-state index contributed by atoms with van der Waals surface area (Å²) < 4.78 is 10.9. The maximum absolute atomic E-state index is 11.9. The molecule has 0 saturated carbocycles. The zero-order valence-electron chi connectivity index (χ0n) is 12.2. The molecule has 21 heavy (non-hydrogen) atoms. The van der Waals surface area contributed by atoms with Gasteiger partial charge in [0.05, 0.1) is 24.7 Å². The van der Waals surface area contributed by atoms with Crippen molar-refractivity contribution in [2.45, 2.75) is 38.7 Å². The first-order chi connectivity index (χ1) is 10.2. The van der Waals surface area contributed by atoms with Crippen LogP contribution in [0.1, 0.15) is 36.6 Å². The van der Waals surface area contributed by atoms with Crippen LogP contribution in [0.3, 0.4) is 0 Å². The largest absolute Gasteiger partial charge is 0.381 e. The van der Waals surface area contributed by atoms with Crippen LogP contribution in [0, 0.1) is 11.3 Å². The molecule has 0 bridgehead atoms. The Morgan fingerprint density at radius 3 is 3.00 bits per heavy atom. The number of amides is 1. The molecule has 114 valence electrons. The van der Waals surface area contributed by atoms with E-state index in [-0.39, 0.29) is 12.0 Å². The standard InChI is InChI=1S/C15H20N2O3S/c1-2-13-9-11(10-16)15(21-13)17-14(18)5-8-20-12-3-6-19-7-4-12/h9,12H,2-8H2,1H3,(H,17,18). The second-order valence-corrected chi connectivity index (χ2v) is 6.04. The van der Waals surface area contributed by atoms with Gasteiger partial charge in [-0.05, 0) is 25.3 Å². The molecule has 2 heterocycles. The highest BCUT2D eigenvalue weighted by molar-refractivity contribution is 7.16. The second-order valence-electron chi connectivity index (χ2n) is 4.90. The fourth-order valence-corrected chi connectivity index (χ4v) is 3.10. The smallest absolute Gasteiger partial charge is 0.227 e. The summed E-state index contributed by atoms with van der Waals surface area (Å²) in [5, 5.41) is 12.5. The number of hydrogen-bond donors (Lipinski definition) is 1. The fraction of sp³-hybridized carbons (Fsp3) is 0.600. The predicted molar refractivity (Wildman–Crippen MR) is 81.5 cm³/mol. The minimum atomic E-state index is -0.108. The molecule has 0 spiro atoms. The fourth-order valence-electron chi connectivity index (χ4n) is 2.14. The minimum Gasteiger partial charge on any atom is -0.381 e. The van der Waals surface area contributed by atoms with Crippen molar-refractivity contribution in [1.82, 2.24) is 0 Å². The molecule has 2 rings (SSSR count). The number of anilines is 1. The van der Waals surface area contributed by atoms with E-state index in [0.717, 1.165) is 37.4 Å². The first kappa shape index (κ1) is 16.0. The third-order valence-electron chi connectivity index (χ3n) is 3.36. The van der Waals surface area contributed by atoms with Gasteiger partial charge in [0.1, 0.15) is 11.1 Å². The summed E-state index contributed by atoms with van der Waals surface area (Å²) >= 11 is 1.46. The molecule has 6 heteroatoms. The van der Waals surface area contributed by atoms with Gasteiger partial charge >= 0.3 is 0 Å². The van der Waals surface area contributed by atoms with Gasteiger partial charge in [0.15, 0.2) is 0 Å². The monoisotopic (exact) mass is 308 g/mol. The van der Waals surface area contributed by atoms with E-state index < -0.39 is 0 Å². The van der Waals surface area contributed by atoms with Crippen molar-refractivity contribution in [2.24, 2.45) is 0 Å². The van der Waals surface area contributed by atoms with E-state index in [4.69, 9.17) is 14.7 Å². The van der Waals surface area contributed by atoms with Crippen LogP contribution in [-0.2, 0) is 20.7 Å². The molecule has 1 aliphatic heterocycles. The summed E-state index contributed by atoms with van der Waals surface area (Å²) in [6.45, 7) is 3.90. The van der Waals surface area contributed by atoms with Crippen LogP contribution in [0.4, 0.5) is 5.00 Å². The SMILES string of the molecule is CCc1cc(C#N)c(NC(=O)CCOC2CCOCC2)s1. The van der Waals surface area contributed by atoms with Crippen molar-refractivity contribution >= 4 is 22.2 Å². The number of hydrogen-bond acceptors (Lipinski definition) is 5. The van der Waals surface area contributed by atoms with E-state index in [9.17, 15) is 4.79 Å². The van der Waals surface area contributed by atoms with Crippen LogP contribution >= 0.6 is 11.3 Å². The number of nitrogens with zero attached hydrogens (tertiary/aromatic N) is 1. The molecule has 0 radical (unpaired) electrons. The molecule has 0 atom stereocenters. The van der Waals surface area contributed by atoms with Crippen LogP contribution in [0.2, 0.25) is 0 Å². The van der Waals surface area contributed by atoms with E-state index in [1.54, 1.807) is 0 Å². The molecular formula is C15H20N2O3S. The van der Waals surface area contributed by atoms with Gasteiger partial charge in [-0.3, -0.25) is 4.79 Å². The molecular weight excluding hydrogens is 288 g/mol. The second kappa shape index (κ2) is 8.13. The third kappa shape index (κ3) is 4.81. The Labute approximate surface area is 128 Å². The van der Waals surface area contributed by atoms with Crippen molar-refractivity contribution in [2.75, 3.05) is 25.1 Å². The van der Waals surface area contributed by atoms with Crippen LogP contribution in [0.25, 0.3) is 0 Å². The molecule has 0 unspecified atom stereocenters. The Morgan fingerprint density at radius 1 is 1.57 bits per heavy atom. The van der Waals surface area contributed by atoms with E-state index in [0.29, 0.717) is 23.6 Å². The Kier molecular flexibility index (Phi) is 6.18. The Balaban J connectivity index is 1.76. The maximum atomic E-state index is 11.9. The number of carbonyl (C=O) groups excluding carboxylic acids is 1. The quantitative estimate of drug-likeness (QED) is 0.877. The average molecular weight is 308 g/mol. The minimum absolute atomic E-state index is 0.108. The van der Waals surface area contributed by atoms with Crippen LogP contribution < -0.4 is 5.32 Å². The van der Waals surface area contributed by atoms with Crippen molar-refractivity contribution < 1.29 is 14.3 Å². The molecule has 1 aromatic heterocycles. The molecule has 0 aromatic carbocycles. The lowest BCUT2D eigenvalue weighted by molar-refractivity contribution is -0.118. The number of nitriles is 1. The number of carbonyl (C=O) groups is 1. The Bertz CT molecular complexity index is 515. The molecule has 0 aliphatic carbocycles. The number of ether oxygens (including phenoxy) is 2. The van der Waals surface area contributed by atoms with E-state index >= 15 is 0 Å².